The van der Waals surface area contributed by atoms with Crippen LogP contribution in [0.2, 0.25) is 0 Å². The van der Waals surface area contributed by atoms with Crippen LogP contribution in [0, 0.1) is 11.7 Å². The maximum atomic E-state index is 13.9. The van der Waals surface area contributed by atoms with E-state index in [-0.39, 0.29) is 11.6 Å². The third kappa shape index (κ3) is 4.43. The van der Waals surface area contributed by atoms with Crippen LogP contribution in [0.15, 0.2) is 18.2 Å². The fraction of sp³-hybridized carbons (Fsp3) is 0.562. The lowest BCUT2D eigenvalue weighted by Crippen LogP contribution is -2.33. The van der Waals surface area contributed by atoms with Gasteiger partial charge in [0.15, 0.2) is 0 Å². The molecule has 1 fully saturated rings. The van der Waals surface area contributed by atoms with Crippen molar-refractivity contribution in [2.75, 3.05) is 31.6 Å². The van der Waals surface area contributed by atoms with E-state index in [0.29, 0.717) is 31.2 Å². The lowest BCUT2D eigenvalue weighted by atomic mass is 10.0. The van der Waals surface area contributed by atoms with E-state index in [4.69, 9.17) is 4.74 Å². The highest BCUT2D eigenvalue weighted by molar-refractivity contribution is 5.99. The number of benzene rings is 1. The number of carbonyl (C=O) groups excluding carboxylic acids is 1. The molecule has 0 aliphatic carbocycles. The second kappa shape index (κ2) is 7.98. The van der Waals surface area contributed by atoms with Crippen molar-refractivity contribution in [2.24, 2.45) is 5.92 Å². The number of para-hydroxylation sites is 1. The number of ether oxygens (including phenoxy) is 1. The molecule has 0 aromatic heterocycles. The van der Waals surface area contributed by atoms with E-state index in [0.717, 1.165) is 25.9 Å². The molecule has 1 saturated heterocycles. The summed E-state index contributed by atoms with van der Waals surface area (Å²) in [5.41, 5.74) is 0.650. The molecule has 0 bridgehead atoms. The summed E-state index contributed by atoms with van der Waals surface area (Å²) in [7, 11) is 0. The zero-order valence-electron chi connectivity index (χ0n) is 12.5. The topological polar surface area (TPSA) is 50.4 Å². The van der Waals surface area contributed by atoms with Crippen molar-refractivity contribution in [3.05, 3.63) is 29.6 Å². The van der Waals surface area contributed by atoms with Crippen LogP contribution in [0.25, 0.3) is 0 Å². The van der Waals surface area contributed by atoms with Crippen LogP contribution in [-0.2, 0) is 4.74 Å². The molecular formula is C16H23FN2O2. The summed E-state index contributed by atoms with van der Waals surface area (Å²) in [5, 5.41) is 5.88. The lowest BCUT2D eigenvalue weighted by Gasteiger charge is -2.22. The van der Waals surface area contributed by atoms with E-state index in [2.05, 4.69) is 10.6 Å². The molecule has 1 atom stereocenters. The Kier molecular flexibility index (Phi) is 5.99. The number of anilines is 1. The minimum Gasteiger partial charge on any atom is -0.382 e. The van der Waals surface area contributed by atoms with Gasteiger partial charge in [-0.25, -0.2) is 4.39 Å². The molecule has 2 N–H and O–H groups in total. The quantitative estimate of drug-likeness (QED) is 0.848. The van der Waals surface area contributed by atoms with Crippen molar-refractivity contribution in [2.45, 2.75) is 26.2 Å². The summed E-state index contributed by atoms with van der Waals surface area (Å²) in [6, 6.07) is 4.57. The predicted octanol–water partition coefficient (Wildman–Crippen LogP) is 2.80. The van der Waals surface area contributed by atoms with Gasteiger partial charge in [0.05, 0.1) is 17.9 Å². The Balaban J connectivity index is 1.98. The fourth-order valence-corrected chi connectivity index (χ4v) is 2.44. The molecule has 0 radical (unpaired) electrons. The van der Waals surface area contributed by atoms with Crippen molar-refractivity contribution in [3.63, 3.8) is 0 Å². The highest BCUT2D eigenvalue weighted by atomic mass is 19.1. The maximum Gasteiger partial charge on any atom is 0.253 e. The molecule has 1 aromatic rings. The van der Waals surface area contributed by atoms with Gasteiger partial charge in [0.2, 0.25) is 0 Å². The highest BCUT2D eigenvalue weighted by Gasteiger charge is 2.18. The van der Waals surface area contributed by atoms with Crippen molar-refractivity contribution < 1.29 is 13.9 Å². The first-order valence-electron chi connectivity index (χ1n) is 7.60. The summed E-state index contributed by atoms with van der Waals surface area (Å²) in [5.74, 6) is -0.279. The summed E-state index contributed by atoms with van der Waals surface area (Å²) in [6.45, 7) is 4.70. The first-order chi connectivity index (χ1) is 10.2. The van der Waals surface area contributed by atoms with E-state index in [1.807, 2.05) is 6.92 Å². The Morgan fingerprint density at radius 3 is 3.05 bits per heavy atom. The molecule has 0 spiro atoms. The number of hydrogen-bond acceptors (Lipinski definition) is 3. The molecule has 5 heteroatoms. The van der Waals surface area contributed by atoms with Crippen LogP contribution in [0.5, 0.6) is 0 Å². The molecule has 1 amide bonds. The van der Waals surface area contributed by atoms with Gasteiger partial charge in [-0.05, 0) is 37.3 Å². The average molecular weight is 294 g/mol. The van der Waals surface area contributed by atoms with Crippen LogP contribution < -0.4 is 10.6 Å². The number of amides is 1. The number of hydrogen-bond donors (Lipinski definition) is 2. The lowest BCUT2D eigenvalue weighted by molar-refractivity contribution is 0.0536. The Bertz CT molecular complexity index is 473. The molecule has 2 rings (SSSR count). The van der Waals surface area contributed by atoms with Gasteiger partial charge >= 0.3 is 0 Å². The molecule has 21 heavy (non-hydrogen) atoms. The Morgan fingerprint density at radius 2 is 2.33 bits per heavy atom. The van der Waals surface area contributed by atoms with E-state index in [9.17, 15) is 9.18 Å². The first kappa shape index (κ1) is 15.8. The average Bonchev–Trinajstić information content (AvgIpc) is 2.52. The third-order valence-corrected chi connectivity index (χ3v) is 3.62. The number of rotatable bonds is 6. The first-order valence-corrected chi connectivity index (χ1v) is 7.60. The SMILES string of the molecule is CCCNc1c(F)cccc1C(=O)NCC1CCCOC1. The van der Waals surface area contributed by atoms with Crippen LogP contribution in [-0.4, -0.2) is 32.2 Å². The summed E-state index contributed by atoms with van der Waals surface area (Å²) >= 11 is 0. The molecule has 1 heterocycles. The zero-order valence-corrected chi connectivity index (χ0v) is 12.5. The normalized spacial score (nSPS) is 18.3. The van der Waals surface area contributed by atoms with Crippen molar-refractivity contribution >= 4 is 11.6 Å². The third-order valence-electron chi connectivity index (χ3n) is 3.62. The van der Waals surface area contributed by atoms with Gasteiger partial charge in [-0.1, -0.05) is 13.0 Å². The van der Waals surface area contributed by atoms with Crippen LogP contribution in [0.4, 0.5) is 10.1 Å². The summed E-state index contributed by atoms with van der Waals surface area (Å²) < 4.78 is 19.3. The van der Waals surface area contributed by atoms with Crippen LogP contribution in [0.1, 0.15) is 36.5 Å². The second-order valence-corrected chi connectivity index (χ2v) is 5.38. The number of carbonyl (C=O) groups is 1. The molecule has 4 nitrogen and oxygen atoms in total. The van der Waals surface area contributed by atoms with Gasteiger partial charge in [-0.2, -0.15) is 0 Å². The van der Waals surface area contributed by atoms with Gasteiger partial charge in [0.1, 0.15) is 5.82 Å². The van der Waals surface area contributed by atoms with Gasteiger partial charge in [-0.15, -0.1) is 0 Å². The van der Waals surface area contributed by atoms with Crippen molar-refractivity contribution in [1.29, 1.82) is 0 Å². The summed E-state index contributed by atoms with van der Waals surface area (Å²) in [6.07, 6.45) is 2.96. The molecule has 1 aromatic carbocycles. The molecule has 1 aliphatic rings. The molecule has 1 aliphatic heterocycles. The number of halogens is 1. The molecule has 0 saturated carbocycles. The standard InChI is InChI=1S/C16H23FN2O2/c1-2-8-18-15-13(6-3-7-14(15)17)16(20)19-10-12-5-4-9-21-11-12/h3,6-7,12,18H,2,4-5,8-11H2,1H3,(H,19,20). The van der Waals surface area contributed by atoms with Crippen LogP contribution in [0.3, 0.4) is 0 Å². The smallest absolute Gasteiger partial charge is 0.253 e. The van der Waals surface area contributed by atoms with Gasteiger partial charge in [0.25, 0.3) is 5.91 Å². The second-order valence-electron chi connectivity index (χ2n) is 5.38. The fourth-order valence-electron chi connectivity index (χ4n) is 2.44. The number of nitrogens with one attached hydrogen (secondary N) is 2. The van der Waals surface area contributed by atoms with Crippen molar-refractivity contribution in [1.82, 2.24) is 5.32 Å². The van der Waals surface area contributed by atoms with E-state index >= 15 is 0 Å². The van der Waals surface area contributed by atoms with Gasteiger partial charge < -0.3 is 15.4 Å². The monoisotopic (exact) mass is 294 g/mol. The minimum atomic E-state index is -0.392. The maximum absolute atomic E-state index is 13.9. The molecular weight excluding hydrogens is 271 g/mol. The minimum absolute atomic E-state index is 0.237. The Morgan fingerprint density at radius 1 is 1.48 bits per heavy atom. The largest absolute Gasteiger partial charge is 0.382 e. The predicted molar refractivity (Wildman–Crippen MR) is 81.1 cm³/mol. The van der Waals surface area contributed by atoms with Gasteiger partial charge in [0, 0.05) is 19.7 Å². The molecule has 1 unspecified atom stereocenters. The van der Waals surface area contributed by atoms with Crippen LogP contribution >= 0.6 is 0 Å². The zero-order chi connectivity index (χ0) is 15.1. The molecule has 116 valence electrons. The van der Waals surface area contributed by atoms with Crippen molar-refractivity contribution in [3.8, 4) is 0 Å². The van der Waals surface area contributed by atoms with E-state index < -0.39 is 5.82 Å². The summed E-state index contributed by atoms with van der Waals surface area (Å²) in [4.78, 5) is 12.3. The van der Waals surface area contributed by atoms with E-state index in [1.54, 1.807) is 12.1 Å². The Labute approximate surface area is 125 Å². The van der Waals surface area contributed by atoms with Gasteiger partial charge in [-0.3, -0.25) is 4.79 Å². The Hall–Kier alpha value is -1.62. The highest BCUT2D eigenvalue weighted by Crippen LogP contribution is 2.20. The van der Waals surface area contributed by atoms with E-state index in [1.165, 1.54) is 6.07 Å².